The van der Waals surface area contributed by atoms with E-state index in [0.29, 0.717) is 0 Å². The van der Waals surface area contributed by atoms with Crippen LogP contribution >= 0.6 is 0 Å². The fraction of sp³-hybridized carbons (Fsp3) is 0.667. The van der Waals surface area contributed by atoms with E-state index in [1.165, 1.54) is 6.08 Å². The third-order valence-corrected chi connectivity index (χ3v) is 1.19. The highest BCUT2D eigenvalue weighted by atomic mass is 16.5. The Morgan fingerprint density at radius 1 is 1.50 bits per heavy atom. The topological polar surface area (TPSA) is 40.5 Å². The summed E-state index contributed by atoms with van der Waals surface area (Å²) in [4.78, 5) is 0. The largest absolute Gasteiger partial charge is 0.367 e. The fourth-order valence-corrected chi connectivity index (χ4v) is 0.105. The summed E-state index contributed by atoms with van der Waals surface area (Å²) in [5, 5.41) is 17.1. The Balaban J connectivity index is 3.90. The Morgan fingerprint density at radius 3 is 1.88 bits per heavy atom. The van der Waals surface area contributed by atoms with E-state index in [2.05, 4.69) is 6.58 Å². The van der Waals surface area contributed by atoms with Crippen molar-refractivity contribution in [2.75, 3.05) is 0 Å². The van der Waals surface area contributed by atoms with Gasteiger partial charge in [0.2, 0.25) is 0 Å². The second-order valence-corrected chi connectivity index (χ2v) is 2.40. The van der Waals surface area contributed by atoms with Gasteiger partial charge >= 0.3 is 0 Å². The SMILES string of the molecule is C=CC(C)(C)C(O)O. The van der Waals surface area contributed by atoms with Crippen LogP contribution in [-0.2, 0) is 0 Å². The van der Waals surface area contributed by atoms with E-state index < -0.39 is 11.7 Å². The zero-order chi connectivity index (χ0) is 6.78. The first kappa shape index (κ1) is 7.66. The quantitative estimate of drug-likeness (QED) is 0.407. The molecule has 0 rings (SSSR count). The maximum absolute atomic E-state index is 8.56. The fourth-order valence-electron chi connectivity index (χ4n) is 0.105. The molecule has 48 valence electrons. The molecule has 0 unspecified atom stereocenters. The number of hydrogen-bond donors (Lipinski definition) is 2. The van der Waals surface area contributed by atoms with Crippen molar-refractivity contribution in [3.63, 3.8) is 0 Å². The van der Waals surface area contributed by atoms with E-state index in [0.717, 1.165) is 0 Å². The molecule has 0 heterocycles. The minimum absolute atomic E-state index is 0.583. The van der Waals surface area contributed by atoms with E-state index >= 15 is 0 Å². The van der Waals surface area contributed by atoms with Crippen LogP contribution in [0.1, 0.15) is 13.8 Å². The minimum Gasteiger partial charge on any atom is -0.367 e. The zero-order valence-corrected chi connectivity index (χ0v) is 5.26. The van der Waals surface area contributed by atoms with Gasteiger partial charge in [0.05, 0.1) is 0 Å². The van der Waals surface area contributed by atoms with Crippen molar-refractivity contribution in [2.45, 2.75) is 20.1 Å². The van der Waals surface area contributed by atoms with Gasteiger partial charge in [0.15, 0.2) is 6.29 Å². The second kappa shape index (κ2) is 2.29. The molecule has 0 bridgehead atoms. The molecule has 0 aromatic heterocycles. The molecule has 2 heteroatoms. The van der Waals surface area contributed by atoms with Crippen LogP contribution < -0.4 is 0 Å². The summed E-state index contributed by atoms with van der Waals surface area (Å²) >= 11 is 0. The highest BCUT2D eigenvalue weighted by Gasteiger charge is 2.20. The van der Waals surface area contributed by atoms with E-state index in [4.69, 9.17) is 10.2 Å². The molecule has 2 N–H and O–H groups in total. The molecular weight excluding hydrogens is 104 g/mol. The molecule has 0 fully saturated rings. The first-order valence-electron chi connectivity index (χ1n) is 2.50. The van der Waals surface area contributed by atoms with Crippen molar-refractivity contribution in [1.82, 2.24) is 0 Å². The lowest BCUT2D eigenvalue weighted by Gasteiger charge is -2.21. The average molecular weight is 116 g/mol. The first-order chi connectivity index (χ1) is 3.50. The molecule has 2 nitrogen and oxygen atoms in total. The summed E-state index contributed by atoms with van der Waals surface area (Å²) < 4.78 is 0. The summed E-state index contributed by atoms with van der Waals surface area (Å²) in [6, 6.07) is 0. The van der Waals surface area contributed by atoms with Gasteiger partial charge in [0.25, 0.3) is 0 Å². The Morgan fingerprint density at radius 2 is 1.88 bits per heavy atom. The lowest BCUT2D eigenvalue weighted by atomic mass is 9.93. The predicted octanol–water partition coefficient (Wildman–Crippen LogP) is 0.509. The summed E-state index contributed by atoms with van der Waals surface area (Å²) in [7, 11) is 0. The molecule has 8 heavy (non-hydrogen) atoms. The number of rotatable bonds is 2. The van der Waals surface area contributed by atoms with E-state index in [-0.39, 0.29) is 0 Å². The molecule has 0 spiro atoms. The third-order valence-electron chi connectivity index (χ3n) is 1.19. The Kier molecular flexibility index (Phi) is 2.19. The summed E-state index contributed by atoms with van der Waals surface area (Å²) in [5.41, 5.74) is -0.583. The van der Waals surface area contributed by atoms with Crippen LogP contribution in [0.15, 0.2) is 12.7 Å². The zero-order valence-electron chi connectivity index (χ0n) is 5.26. The Labute approximate surface area is 49.5 Å². The average Bonchev–Trinajstić information content (AvgIpc) is 1.67. The molecule has 0 aliphatic rings. The molecule has 0 aromatic carbocycles. The van der Waals surface area contributed by atoms with Crippen molar-refractivity contribution >= 4 is 0 Å². The molecule has 0 aromatic rings. The van der Waals surface area contributed by atoms with Crippen LogP contribution in [0.2, 0.25) is 0 Å². The predicted molar refractivity (Wildman–Crippen MR) is 32.2 cm³/mol. The van der Waals surface area contributed by atoms with Gasteiger partial charge < -0.3 is 10.2 Å². The smallest absolute Gasteiger partial charge is 0.160 e. The van der Waals surface area contributed by atoms with Crippen molar-refractivity contribution in [3.8, 4) is 0 Å². The molecule has 0 aliphatic heterocycles. The van der Waals surface area contributed by atoms with Gasteiger partial charge in [-0.25, -0.2) is 0 Å². The summed E-state index contributed by atoms with van der Waals surface area (Å²) in [6.45, 7) is 6.83. The standard InChI is InChI=1S/C6H12O2/c1-4-6(2,3)5(7)8/h4-5,7-8H,1H2,2-3H3. The van der Waals surface area contributed by atoms with Gasteiger partial charge in [-0.3, -0.25) is 0 Å². The molecule has 0 saturated heterocycles. The molecule has 0 radical (unpaired) electrons. The van der Waals surface area contributed by atoms with Crippen LogP contribution in [0.5, 0.6) is 0 Å². The number of aliphatic hydroxyl groups is 2. The van der Waals surface area contributed by atoms with Gasteiger partial charge in [-0.1, -0.05) is 19.9 Å². The van der Waals surface area contributed by atoms with Crippen LogP contribution in [0.25, 0.3) is 0 Å². The van der Waals surface area contributed by atoms with Crippen LogP contribution in [0.3, 0.4) is 0 Å². The lowest BCUT2D eigenvalue weighted by molar-refractivity contribution is -0.102. The molecule has 0 aliphatic carbocycles. The van der Waals surface area contributed by atoms with Crippen molar-refractivity contribution in [2.24, 2.45) is 5.41 Å². The first-order valence-corrected chi connectivity index (χ1v) is 2.50. The Bertz CT molecular complexity index is 84.5. The van der Waals surface area contributed by atoms with Gasteiger partial charge in [-0.05, 0) is 0 Å². The van der Waals surface area contributed by atoms with Crippen LogP contribution in [-0.4, -0.2) is 16.5 Å². The molecule has 0 saturated carbocycles. The van der Waals surface area contributed by atoms with Crippen LogP contribution in [0, 0.1) is 5.41 Å². The number of aliphatic hydroxyl groups excluding tert-OH is 1. The highest BCUT2D eigenvalue weighted by Crippen LogP contribution is 2.18. The summed E-state index contributed by atoms with van der Waals surface area (Å²) in [5.74, 6) is 0. The normalized spacial score (nSPS) is 12.1. The third kappa shape index (κ3) is 1.64. The van der Waals surface area contributed by atoms with Gasteiger partial charge in [0.1, 0.15) is 0 Å². The second-order valence-electron chi connectivity index (χ2n) is 2.40. The molecular formula is C6H12O2. The molecule has 0 atom stereocenters. The van der Waals surface area contributed by atoms with E-state index in [1.807, 2.05) is 0 Å². The van der Waals surface area contributed by atoms with Gasteiger partial charge in [-0.15, -0.1) is 6.58 Å². The Hall–Kier alpha value is -0.340. The highest BCUT2D eigenvalue weighted by molar-refractivity contribution is 4.88. The van der Waals surface area contributed by atoms with E-state index in [9.17, 15) is 0 Å². The minimum atomic E-state index is -1.31. The lowest BCUT2D eigenvalue weighted by Crippen LogP contribution is -2.25. The van der Waals surface area contributed by atoms with Crippen molar-refractivity contribution in [1.29, 1.82) is 0 Å². The summed E-state index contributed by atoms with van der Waals surface area (Å²) in [6.07, 6.45) is 0.206. The van der Waals surface area contributed by atoms with Crippen molar-refractivity contribution < 1.29 is 10.2 Å². The van der Waals surface area contributed by atoms with Gasteiger partial charge in [-0.2, -0.15) is 0 Å². The molecule has 0 amide bonds. The maximum Gasteiger partial charge on any atom is 0.160 e. The maximum atomic E-state index is 8.56. The van der Waals surface area contributed by atoms with Gasteiger partial charge in [0, 0.05) is 5.41 Å². The van der Waals surface area contributed by atoms with Crippen molar-refractivity contribution in [3.05, 3.63) is 12.7 Å². The number of hydrogen-bond acceptors (Lipinski definition) is 2. The van der Waals surface area contributed by atoms with Crippen LogP contribution in [0.4, 0.5) is 0 Å². The monoisotopic (exact) mass is 116 g/mol. The van der Waals surface area contributed by atoms with E-state index in [1.54, 1.807) is 13.8 Å².